The van der Waals surface area contributed by atoms with Crippen molar-refractivity contribution in [1.29, 1.82) is 0 Å². The summed E-state index contributed by atoms with van der Waals surface area (Å²) in [7, 11) is 0. The predicted octanol–water partition coefficient (Wildman–Crippen LogP) is -4.72. The van der Waals surface area contributed by atoms with Crippen LogP contribution in [0.2, 0.25) is 0 Å². The Labute approximate surface area is 188 Å². The number of nitrogens with zero attached hydrogens (tertiary/aromatic N) is 1. The van der Waals surface area contributed by atoms with Crippen molar-refractivity contribution in [3.8, 4) is 0 Å². The molecule has 0 aliphatic rings. The molecule has 4 unspecified atom stereocenters. The monoisotopic (exact) mass is 474 g/mol. The molecule has 0 radical (unpaired) electrons. The van der Waals surface area contributed by atoms with E-state index in [-0.39, 0.29) is 25.3 Å². The molecule has 0 aromatic rings. The molecule has 0 bridgehead atoms. The Morgan fingerprint density at radius 1 is 0.848 bits per heavy atom. The van der Waals surface area contributed by atoms with Gasteiger partial charge in [0.1, 0.15) is 18.1 Å². The number of hydrogen-bond donors (Lipinski definition) is 9. The first kappa shape index (κ1) is 29.0. The molecule has 16 nitrogen and oxygen atoms in total. The average Bonchev–Trinajstić information content (AvgIpc) is 2.68. The van der Waals surface area contributed by atoms with Gasteiger partial charge in [-0.15, -0.1) is 0 Å². The Balaban J connectivity index is 5.22. The zero-order valence-corrected chi connectivity index (χ0v) is 17.9. The van der Waals surface area contributed by atoms with Crippen molar-refractivity contribution < 1.29 is 39.0 Å². The predicted molar refractivity (Wildman–Crippen MR) is 113 cm³/mol. The molecule has 0 spiro atoms. The van der Waals surface area contributed by atoms with Gasteiger partial charge in [0.2, 0.25) is 23.6 Å². The van der Waals surface area contributed by atoms with Gasteiger partial charge in [0.25, 0.3) is 0 Å². The number of carbonyl (C=O) groups excluding carboxylic acids is 4. The number of aliphatic imine (C=N–C) groups is 1. The molecule has 13 N–H and O–H groups in total. The molecule has 4 atom stereocenters. The molecule has 0 saturated heterocycles. The quantitative estimate of drug-likeness (QED) is 0.0616. The number of hydrogen-bond acceptors (Lipinski definition) is 8. The number of carboxylic acids is 2. The third-order valence-electron chi connectivity index (χ3n) is 4.08. The van der Waals surface area contributed by atoms with Gasteiger partial charge in [-0.3, -0.25) is 29.0 Å². The average molecular weight is 474 g/mol. The van der Waals surface area contributed by atoms with E-state index in [0.717, 1.165) is 0 Å². The summed E-state index contributed by atoms with van der Waals surface area (Å²) in [4.78, 5) is 73.6. The topological polar surface area (TPSA) is 295 Å². The van der Waals surface area contributed by atoms with Gasteiger partial charge in [-0.1, -0.05) is 0 Å². The fourth-order valence-corrected chi connectivity index (χ4v) is 2.41. The van der Waals surface area contributed by atoms with Crippen LogP contribution in [-0.4, -0.2) is 82.5 Å². The summed E-state index contributed by atoms with van der Waals surface area (Å²) in [6.07, 6.45) is -1.11. The van der Waals surface area contributed by atoms with E-state index in [1.54, 1.807) is 0 Å². The SMILES string of the molecule is CC(NC(=O)C(CCCN=C(N)N)NC(=O)C(N)CC(=O)O)C(=O)NC(CC(N)=O)C(=O)O. The summed E-state index contributed by atoms with van der Waals surface area (Å²) in [5, 5.41) is 24.5. The van der Waals surface area contributed by atoms with Crippen LogP contribution in [0.5, 0.6) is 0 Å². The molecule has 0 aromatic heterocycles. The number of nitrogens with two attached hydrogens (primary N) is 4. The lowest BCUT2D eigenvalue weighted by molar-refractivity contribution is -0.143. The van der Waals surface area contributed by atoms with E-state index in [4.69, 9.17) is 33.1 Å². The molecule has 0 saturated carbocycles. The lowest BCUT2D eigenvalue weighted by Gasteiger charge is -2.23. The van der Waals surface area contributed by atoms with Gasteiger partial charge in [0.05, 0.1) is 18.9 Å². The fourth-order valence-electron chi connectivity index (χ4n) is 2.41. The second kappa shape index (κ2) is 14.2. The van der Waals surface area contributed by atoms with E-state index in [9.17, 15) is 28.8 Å². The maximum atomic E-state index is 12.6. The van der Waals surface area contributed by atoms with Crippen LogP contribution in [0.1, 0.15) is 32.6 Å². The molecule has 0 rings (SSSR count). The molecule has 0 fully saturated rings. The van der Waals surface area contributed by atoms with Crippen molar-refractivity contribution in [3.05, 3.63) is 0 Å². The zero-order chi connectivity index (χ0) is 25.7. The zero-order valence-electron chi connectivity index (χ0n) is 17.9. The Bertz CT molecular complexity index is 783. The minimum atomic E-state index is -1.60. The summed E-state index contributed by atoms with van der Waals surface area (Å²) >= 11 is 0. The standard InChI is InChI=1S/C17H30N8O8/c1-7(13(29)25-10(16(32)33)6-11(19)26)23-15(31)9(3-2-4-22-17(20)21)24-14(30)8(18)5-12(27)28/h7-10H,2-6,18H2,1H3,(H2,19,26)(H,23,31)(H,24,30)(H,25,29)(H,27,28)(H,32,33)(H4,20,21,22). The second-order valence-corrected chi connectivity index (χ2v) is 7.01. The summed E-state index contributed by atoms with van der Waals surface area (Å²) < 4.78 is 0. The highest BCUT2D eigenvalue weighted by Gasteiger charge is 2.29. The number of aliphatic carboxylic acids is 2. The first-order chi connectivity index (χ1) is 15.2. The van der Waals surface area contributed by atoms with Gasteiger partial charge >= 0.3 is 11.9 Å². The molecular formula is C17H30N8O8. The number of carboxylic acid groups (broad SMARTS) is 2. The van der Waals surface area contributed by atoms with Gasteiger partial charge in [-0.25, -0.2) is 4.79 Å². The van der Waals surface area contributed by atoms with E-state index in [2.05, 4.69) is 20.9 Å². The van der Waals surface area contributed by atoms with Crippen LogP contribution in [0.4, 0.5) is 0 Å². The van der Waals surface area contributed by atoms with Crippen LogP contribution in [0, 0.1) is 0 Å². The van der Waals surface area contributed by atoms with E-state index in [0.29, 0.717) is 0 Å². The fraction of sp³-hybridized carbons (Fsp3) is 0.588. The first-order valence-corrected chi connectivity index (χ1v) is 9.69. The molecule has 0 aliphatic heterocycles. The smallest absolute Gasteiger partial charge is 0.326 e. The maximum absolute atomic E-state index is 12.6. The van der Waals surface area contributed by atoms with Crippen LogP contribution >= 0.6 is 0 Å². The third kappa shape index (κ3) is 12.5. The molecule has 0 aromatic carbocycles. The Kier molecular flexibility index (Phi) is 12.5. The van der Waals surface area contributed by atoms with Crippen LogP contribution in [-0.2, 0) is 28.8 Å². The van der Waals surface area contributed by atoms with Gasteiger partial charge in [0.15, 0.2) is 5.96 Å². The van der Waals surface area contributed by atoms with Crippen LogP contribution in [0.3, 0.4) is 0 Å². The van der Waals surface area contributed by atoms with Crippen molar-refractivity contribution in [3.63, 3.8) is 0 Å². The van der Waals surface area contributed by atoms with Gasteiger partial charge in [0, 0.05) is 6.54 Å². The lowest BCUT2D eigenvalue weighted by Crippen LogP contribution is -2.56. The van der Waals surface area contributed by atoms with E-state index in [1.807, 2.05) is 0 Å². The second-order valence-electron chi connectivity index (χ2n) is 7.01. The van der Waals surface area contributed by atoms with Crippen molar-refractivity contribution in [2.45, 2.75) is 56.8 Å². The highest BCUT2D eigenvalue weighted by molar-refractivity contribution is 5.95. The number of guanidine groups is 1. The largest absolute Gasteiger partial charge is 0.481 e. The molecule has 4 amide bonds. The first-order valence-electron chi connectivity index (χ1n) is 9.69. The summed E-state index contributed by atoms with van der Waals surface area (Å²) in [5.41, 5.74) is 20.9. The van der Waals surface area contributed by atoms with Gasteiger partial charge in [-0.2, -0.15) is 0 Å². The van der Waals surface area contributed by atoms with Crippen molar-refractivity contribution in [1.82, 2.24) is 16.0 Å². The van der Waals surface area contributed by atoms with E-state index in [1.165, 1.54) is 6.92 Å². The Hall–Kier alpha value is -3.95. The summed E-state index contributed by atoms with van der Waals surface area (Å²) in [6, 6.07) is -5.53. The van der Waals surface area contributed by atoms with Crippen molar-refractivity contribution in [2.75, 3.05) is 6.54 Å². The minimum Gasteiger partial charge on any atom is -0.481 e. The van der Waals surface area contributed by atoms with Crippen LogP contribution in [0.15, 0.2) is 4.99 Å². The number of nitrogens with one attached hydrogen (secondary N) is 3. The summed E-state index contributed by atoms with van der Waals surface area (Å²) in [6.45, 7) is 1.36. The van der Waals surface area contributed by atoms with Gasteiger partial charge in [-0.05, 0) is 19.8 Å². The van der Waals surface area contributed by atoms with Crippen molar-refractivity contribution >= 4 is 41.5 Å². The molecule has 186 valence electrons. The number of rotatable bonds is 15. The van der Waals surface area contributed by atoms with E-state index >= 15 is 0 Å². The number of amides is 4. The third-order valence-corrected chi connectivity index (χ3v) is 4.08. The molecule has 0 heterocycles. The lowest BCUT2D eigenvalue weighted by atomic mass is 10.1. The summed E-state index contributed by atoms with van der Waals surface area (Å²) in [5.74, 6) is -6.63. The maximum Gasteiger partial charge on any atom is 0.326 e. The minimum absolute atomic E-state index is 0.00189. The molecule has 33 heavy (non-hydrogen) atoms. The highest BCUT2D eigenvalue weighted by Crippen LogP contribution is 2.02. The van der Waals surface area contributed by atoms with Crippen LogP contribution < -0.4 is 38.9 Å². The molecular weight excluding hydrogens is 444 g/mol. The normalized spacial score (nSPS) is 14.0. The van der Waals surface area contributed by atoms with Crippen molar-refractivity contribution in [2.24, 2.45) is 27.9 Å². The Morgan fingerprint density at radius 3 is 1.91 bits per heavy atom. The number of primary amides is 1. The molecule has 16 heteroatoms. The van der Waals surface area contributed by atoms with E-state index < -0.39 is 72.6 Å². The Morgan fingerprint density at radius 2 is 1.42 bits per heavy atom. The highest BCUT2D eigenvalue weighted by atomic mass is 16.4. The van der Waals surface area contributed by atoms with Gasteiger partial charge < -0.3 is 49.1 Å². The molecule has 0 aliphatic carbocycles. The number of carbonyl (C=O) groups is 6. The van der Waals surface area contributed by atoms with Crippen LogP contribution in [0.25, 0.3) is 0 Å².